The second-order valence-corrected chi connectivity index (χ2v) is 8.02. The number of hydrogen-bond donors (Lipinski definition) is 4. The Hall–Kier alpha value is -4.98. The molecule has 0 spiro atoms. The van der Waals surface area contributed by atoms with E-state index in [0.717, 1.165) is 11.1 Å². The molecule has 0 heterocycles. The predicted octanol–water partition coefficient (Wildman–Crippen LogP) is 4.04. The lowest BCUT2D eigenvalue weighted by molar-refractivity contribution is 0.0725. The molecule has 0 amide bonds. The molecule has 0 saturated heterocycles. The van der Waals surface area contributed by atoms with Crippen LogP contribution in [-0.2, 0) is 6.42 Å². The van der Waals surface area contributed by atoms with Crippen LogP contribution in [-0.4, -0.2) is 11.9 Å². The molecule has 4 aromatic carbocycles. The maximum atomic E-state index is 12.3. The van der Waals surface area contributed by atoms with Crippen molar-refractivity contribution in [3.63, 3.8) is 0 Å². The molecular formula is C27H24N4O4. The van der Waals surface area contributed by atoms with E-state index in [2.05, 4.69) is 0 Å². The lowest BCUT2D eigenvalue weighted by Gasteiger charge is -2.09. The topological polar surface area (TPSA) is 157 Å². The lowest BCUT2D eigenvalue weighted by atomic mass is 10.0. The number of ether oxygens (including phenoxy) is 2. The highest BCUT2D eigenvalue weighted by atomic mass is 16.5. The molecule has 4 aromatic rings. The third-order valence-corrected chi connectivity index (χ3v) is 5.10. The maximum Gasteiger partial charge on any atom is 0.343 e. The van der Waals surface area contributed by atoms with Crippen molar-refractivity contribution in [2.75, 3.05) is 22.9 Å². The maximum absolute atomic E-state index is 12.3. The van der Waals surface area contributed by atoms with Crippen LogP contribution in [0.4, 0.5) is 22.7 Å². The third-order valence-electron chi connectivity index (χ3n) is 5.10. The summed E-state index contributed by atoms with van der Waals surface area (Å²) >= 11 is 0. The van der Waals surface area contributed by atoms with Gasteiger partial charge in [-0.15, -0.1) is 0 Å². The average molecular weight is 469 g/mol. The van der Waals surface area contributed by atoms with Gasteiger partial charge < -0.3 is 32.4 Å². The largest absolute Gasteiger partial charge is 0.423 e. The van der Waals surface area contributed by atoms with Crippen molar-refractivity contribution in [1.82, 2.24) is 0 Å². The summed E-state index contributed by atoms with van der Waals surface area (Å²) in [5.74, 6) is -0.265. The van der Waals surface area contributed by atoms with Crippen LogP contribution in [0.2, 0.25) is 0 Å². The fraction of sp³-hybridized carbons (Fsp3) is 0.0370. The first kappa shape index (κ1) is 23.2. The van der Waals surface area contributed by atoms with Crippen LogP contribution in [0.25, 0.3) is 0 Å². The van der Waals surface area contributed by atoms with Gasteiger partial charge in [0.25, 0.3) is 0 Å². The molecule has 0 aliphatic heterocycles. The lowest BCUT2D eigenvalue weighted by Crippen LogP contribution is -2.10. The zero-order valence-electron chi connectivity index (χ0n) is 18.7. The second-order valence-electron chi connectivity index (χ2n) is 8.02. The zero-order valence-corrected chi connectivity index (χ0v) is 18.7. The first-order valence-corrected chi connectivity index (χ1v) is 10.7. The summed E-state index contributed by atoms with van der Waals surface area (Å²) < 4.78 is 10.8. The van der Waals surface area contributed by atoms with Crippen LogP contribution in [0.5, 0.6) is 11.5 Å². The predicted molar refractivity (Wildman–Crippen MR) is 136 cm³/mol. The number of benzene rings is 4. The summed E-state index contributed by atoms with van der Waals surface area (Å²) in [6.45, 7) is 0. The average Bonchev–Trinajstić information content (AvgIpc) is 2.80. The number of rotatable bonds is 6. The van der Waals surface area contributed by atoms with Crippen molar-refractivity contribution in [2.24, 2.45) is 0 Å². The highest BCUT2D eigenvalue weighted by Gasteiger charge is 2.12. The number of esters is 2. The van der Waals surface area contributed by atoms with Gasteiger partial charge in [-0.25, -0.2) is 9.59 Å². The molecule has 0 aromatic heterocycles. The van der Waals surface area contributed by atoms with E-state index in [1.54, 1.807) is 36.4 Å². The second kappa shape index (κ2) is 9.88. The Labute approximate surface area is 202 Å². The van der Waals surface area contributed by atoms with Crippen molar-refractivity contribution >= 4 is 34.7 Å². The van der Waals surface area contributed by atoms with Crippen molar-refractivity contribution < 1.29 is 19.1 Å². The zero-order chi connectivity index (χ0) is 24.9. The van der Waals surface area contributed by atoms with Gasteiger partial charge in [0, 0.05) is 22.7 Å². The quantitative estimate of drug-likeness (QED) is 0.188. The van der Waals surface area contributed by atoms with Crippen molar-refractivity contribution in [3.05, 3.63) is 107 Å². The molecule has 0 fully saturated rings. The number of nitrogens with two attached hydrogens (primary N) is 4. The number of carbonyl (C=O) groups is 2. The van der Waals surface area contributed by atoms with Gasteiger partial charge in [0.05, 0.1) is 11.1 Å². The van der Waals surface area contributed by atoms with Crippen molar-refractivity contribution in [2.45, 2.75) is 6.42 Å². The van der Waals surface area contributed by atoms with Crippen LogP contribution in [0, 0.1) is 0 Å². The summed E-state index contributed by atoms with van der Waals surface area (Å²) in [5.41, 5.74) is 27.1. The summed E-state index contributed by atoms with van der Waals surface area (Å²) in [6.07, 6.45) is 0.639. The minimum atomic E-state index is -0.539. The molecule has 0 saturated carbocycles. The fourth-order valence-corrected chi connectivity index (χ4v) is 3.51. The molecular weight excluding hydrogens is 444 g/mol. The van der Waals surface area contributed by atoms with Gasteiger partial charge in [-0.05, 0) is 78.2 Å². The highest BCUT2D eigenvalue weighted by Crippen LogP contribution is 2.21. The minimum Gasteiger partial charge on any atom is -0.423 e. The van der Waals surface area contributed by atoms with Crippen LogP contribution < -0.4 is 32.4 Å². The molecule has 0 radical (unpaired) electrons. The van der Waals surface area contributed by atoms with Crippen LogP contribution in [0.3, 0.4) is 0 Å². The van der Waals surface area contributed by atoms with E-state index in [9.17, 15) is 9.59 Å². The summed E-state index contributed by atoms with van der Waals surface area (Å²) in [6, 6.07) is 23.5. The number of hydrogen-bond acceptors (Lipinski definition) is 8. The van der Waals surface area contributed by atoms with E-state index >= 15 is 0 Å². The van der Waals surface area contributed by atoms with Gasteiger partial charge in [-0.1, -0.05) is 24.3 Å². The molecule has 0 aliphatic rings. The Balaban J connectivity index is 1.35. The minimum absolute atomic E-state index is 0.284. The van der Waals surface area contributed by atoms with Gasteiger partial charge in [0.2, 0.25) is 0 Å². The number of carbonyl (C=O) groups excluding carboxylic acids is 2. The van der Waals surface area contributed by atoms with Crippen LogP contribution in [0.1, 0.15) is 31.8 Å². The molecule has 8 heteroatoms. The Morgan fingerprint density at radius 3 is 1.14 bits per heavy atom. The molecule has 0 atom stereocenters. The Morgan fingerprint density at radius 1 is 0.514 bits per heavy atom. The van der Waals surface area contributed by atoms with Gasteiger partial charge in [0.1, 0.15) is 11.5 Å². The summed E-state index contributed by atoms with van der Waals surface area (Å²) in [7, 11) is 0. The number of nitrogen functional groups attached to an aromatic ring is 4. The molecule has 0 unspecified atom stereocenters. The standard InChI is InChI=1S/C27H24N4O4/c28-20-10-18(11-21(29)14-20)26(32)34-24-5-1-16(2-6-24)9-17-3-7-25(8-4-17)35-27(33)19-12-22(30)15-23(31)13-19/h1-8,10-15H,9,28-31H2. The molecule has 4 rings (SSSR count). The Kier molecular flexibility index (Phi) is 6.55. The molecule has 176 valence electrons. The smallest absolute Gasteiger partial charge is 0.343 e. The van der Waals surface area contributed by atoms with Crippen LogP contribution in [0.15, 0.2) is 84.9 Å². The van der Waals surface area contributed by atoms with E-state index in [0.29, 0.717) is 40.7 Å². The van der Waals surface area contributed by atoms with E-state index in [1.165, 1.54) is 24.3 Å². The van der Waals surface area contributed by atoms with E-state index in [4.69, 9.17) is 32.4 Å². The first-order chi connectivity index (χ1) is 16.7. The van der Waals surface area contributed by atoms with Gasteiger partial charge in [-0.2, -0.15) is 0 Å². The Morgan fingerprint density at radius 2 is 0.829 bits per heavy atom. The van der Waals surface area contributed by atoms with E-state index in [-0.39, 0.29) is 11.1 Å². The summed E-state index contributed by atoms with van der Waals surface area (Å²) in [5, 5.41) is 0. The third kappa shape index (κ3) is 6.08. The normalized spacial score (nSPS) is 10.5. The summed E-state index contributed by atoms with van der Waals surface area (Å²) in [4.78, 5) is 24.7. The van der Waals surface area contributed by atoms with Gasteiger partial charge in [0.15, 0.2) is 0 Å². The Bertz CT molecular complexity index is 1240. The van der Waals surface area contributed by atoms with Gasteiger partial charge >= 0.3 is 11.9 Å². The fourth-order valence-electron chi connectivity index (χ4n) is 3.51. The molecule has 8 nitrogen and oxygen atoms in total. The highest BCUT2D eigenvalue weighted by molar-refractivity contribution is 5.94. The van der Waals surface area contributed by atoms with E-state index < -0.39 is 11.9 Å². The molecule has 8 N–H and O–H groups in total. The van der Waals surface area contributed by atoms with Crippen molar-refractivity contribution in [3.8, 4) is 11.5 Å². The van der Waals surface area contributed by atoms with Crippen molar-refractivity contribution in [1.29, 1.82) is 0 Å². The van der Waals surface area contributed by atoms with Gasteiger partial charge in [-0.3, -0.25) is 0 Å². The molecule has 0 bridgehead atoms. The van der Waals surface area contributed by atoms with E-state index in [1.807, 2.05) is 24.3 Å². The molecule has 35 heavy (non-hydrogen) atoms. The molecule has 0 aliphatic carbocycles. The number of anilines is 4. The first-order valence-electron chi connectivity index (χ1n) is 10.7. The SMILES string of the molecule is Nc1cc(N)cc(C(=O)Oc2ccc(Cc3ccc(OC(=O)c4cc(N)cc(N)c4)cc3)cc2)c1. The van der Waals surface area contributed by atoms with Crippen LogP contribution >= 0.6 is 0 Å². The monoisotopic (exact) mass is 468 g/mol.